The first kappa shape index (κ1) is 16.6. The van der Waals surface area contributed by atoms with Crippen LogP contribution in [0, 0.1) is 0 Å². The number of benzene rings is 2. The molecule has 0 saturated carbocycles. The van der Waals surface area contributed by atoms with E-state index >= 15 is 0 Å². The van der Waals surface area contributed by atoms with Crippen LogP contribution < -0.4 is 4.90 Å². The fourth-order valence-electron chi connectivity index (χ4n) is 3.40. The van der Waals surface area contributed by atoms with Crippen LogP contribution in [0.1, 0.15) is 11.1 Å². The van der Waals surface area contributed by atoms with Crippen LogP contribution in [0.2, 0.25) is 0 Å². The largest absolute Gasteiger partial charge is 0.468 e. The predicted octanol–water partition coefficient (Wildman–Crippen LogP) is 2.36. The number of nitrogens with zero attached hydrogens (tertiary/aromatic N) is 1. The molecular weight excluding hydrogens is 318 g/mol. The van der Waals surface area contributed by atoms with Gasteiger partial charge < -0.3 is 9.64 Å². The minimum atomic E-state index is -1.71. The number of fused-ring (bicyclic) bond motifs is 1. The van der Waals surface area contributed by atoms with Crippen molar-refractivity contribution in [2.45, 2.75) is 5.41 Å². The molecule has 5 heteroatoms. The third kappa shape index (κ3) is 2.28. The molecule has 126 valence electrons. The van der Waals surface area contributed by atoms with Gasteiger partial charge in [-0.15, -0.1) is 0 Å². The molecule has 0 aliphatic carbocycles. The van der Waals surface area contributed by atoms with Gasteiger partial charge >= 0.3 is 5.97 Å². The van der Waals surface area contributed by atoms with E-state index in [1.165, 1.54) is 18.1 Å². The summed E-state index contributed by atoms with van der Waals surface area (Å²) in [7, 11) is 2.84. The Morgan fingerprint density at radius 1 is 1.08 bits per heavy atom. The molecule has 1 unspecified atom stereocenters. The average Bonchev–Trinajstić information content (AvgIpc) is 2.89. The summed E-state index contributed by atoms with van der Waals surface area (Å²) in [6, 6.07) is 15.9. The van der Waals surface area contributed by atoms with E-state index in [0.717, 1.165) is 0 Å². The first-order chi connectivity index (χ1) is 12.1. The summed E-state index contributed by atoms with van der Waals surface area (Å²) in [5.41, 5.74) is 0.328. The number of para-hydroxylation sites is 1. The number of ether oxygens (including phenoxy) is 1. The lowest BCUT2D eigenvalue weighted by molar-refractivity contribution is -0.148. The van der Waals surface area contributed by atoms with Gasteiger partial charge in [-0.1, -0.05) is 48.5 Å². The lowest BCUT2D eigenvalue weighted by Crippen LogP contribution is -2.47. The zero-order chi connectivity index (χ0) is 18.0. The van der Waals surface area contributed by atoms with Gasteiger partial charge in [-0.2, -0.15) is 0 Å². The average molecular weight is 335 g/mol. The van der Waals surface area contributed by atoms with Crippen LogP contribution in [-0.2, 0) is 24.5 Å². The minimum Gasteiger partial charge on any atom is -0.468 e. The number of likely N-dealkylation sites (N-methyl/N-ethyl adjacent to an activating group) is 1. The van der Waals surface area contributed by atoms with E-state index in [1.54, 1.807) is 55.6 Å². The third-order valence-corrected chi connectivity index (χ3v) is 4.51. The second kappa shape index (κ2) is 6.36. The predicted molar refractivity (Wildman–Crippen MR) is 94.0 cm³/mol. The number of anilines is 1. The van der Waals surface area contributed by atoms with E-state index in [2.05, 4.69) is 0 Å². The van der Waals surface area contributed by atoms with Crippen LogP contribution >= 0.6 is 0 Å². The van der Waals surface area contributed by atoms with Crippen molar-refractivity contribution in [3.8, 4) is 0 Å². The van der Waals surface area contributed by atoms with Gasteiger partial charge in [0.25, 0.3) is 5.91 Å². The maximum absolute atomic E-state index is 13.2. The lowest BCUT2D eigenvalue weighted by atomic mass is 9.72. The molecule has 0 spiro atoms. The Balaban J connectivity index is 2.39. The molecule has 5 nitrogen and oxygen atoms in total. The Morgan fingerprint density at radius 3 is 2.36 bits per heavy atom. The van der Waals surface area contributed by atoms with Gasteiger partial charge in [-0.05, 0) is 23.3 Å². The SMILES string of the molecule is COC(=O)C1(/C(=C/C=O)c2ccccc2)C(=O)N(C)c2ccccc21. The van der Waals surface area contributed by atoms with E-state index in [0.29, 0.717) is 28.7 Å². The summed E-state index contributed by atoms with van der Waals surface area (Å²) < 4.78 is 5.02. The first-order valence-corrected chi connectivity index (χ1v) is 7.76. The van der Waals surface area contributed by atoms with Crippen LogP contribution in [0.3, 0.4) is 0 Å². The molecule has 0 N–H and O–H groups in total. The molecule has 0 saturated heterocycles. The monoisotopic (exact) mass is 335 g/mol. The summed E-state index contributed by atoms with van der Waals surface area (Å²) in [4.78, 5) is 38.9. The number of esters is 1. The maximum atomic E-state index is 13.2. The molecular formula is C20H17NO4. The first-order valence-electron chi connectivity index (χ1n) is 7.76. The topological polar surface area (TPSA) is 63.7 Å². The molecule has 1 heterocycles. The molecule has 25 heavy (non-hydrogen) atoms. The highest BCUT2D eigenvalue weighted by atomic mass is 16.5. The number of carbonyl (C=O) groups excluding carboxylic acids is 3. The van der Waals surface area contributed by atoms with Crippen molar-refractivity contribution in [1.29, 1.82) is 0 Å². The molecule has 1 aliphatic heterocycles. The van der Waals surface area contributed by atoms with Gasteiger partial charge in [0.1, 0.15) is 6.29 Å². The number of rotatable bonds is 4. The molecule has 2 aromatic rings. The van der Waals surface area contributed by atoms with E-state index < -0.39 is 17.3 Å². The number of allylic oxidation sites excluding steroid dienone is 1. The van der Waals surface area contributed by atoms with Crippen molar-refractivity contribution in [3.63, 3.8) is 0 Å². The minimum absolute atomic E-state index is 0.303. The number of carbonyl (C=O) groups is 3. The summed E-state index contributed by atoms with van der Waals surface area (Å²) in [5.74, 6) is -1.16. The van der Waals surface area contributed by atoms with Gasteiger partial charge in [0.2, 0.25) is 0 Å². The van der Waals surface area contributed by atoms with Crippen LogP contribution in [0.15, 0.2) is 60.7 Å². The van der Waals surface area contributed by atoms with Crippen molar-refractivity contribution < 1.29 is 19.1 Å². The zero-order valence-electron chi connectivity index (χ0n) is 13.9. The number of amides is 1. The molecule has 1 aliphatic rings. The van der Waals surface area contributed by atoms with E-state index in [9.17, 15) is 14.4 Å². The number of hydrogen-bond donors (Lipinski definition) is 0. The molecule has 0 fully saturated rings. The Bertz CT molecular complexity index is 872. The standard InChI is InChI=1S/C20H17NO4/c1-21-17-11-7-6-10-16(17)20(18(21)23,19(24)25-2)15(12-13-22)14-8-4-3-5-9-14/h3-13H,1-2H3/b15-12+. The highest BCUT2D eigenvalue weighted by Gasteiger charge is 2.59. The smallest absolute Gasteiger partial charge is 0.330 e. The molecule has 1 atom stereocenters. The van der Waals surface area contributed by atoms with Gasteiger partial charge in [-0.25, -0.2) is 0 Å². The van der Waals surface area contributed by atoms with Gasteiger partial charge in [0.05, 0.1) is 7.11 Å². The number of methoxy groups -OCH3 is 1. The lowest BCUT2D eigenvalue weighted by Gasteiger charge is -2.28. The molecule has 1 amide bonds. The molecule has 0 bridgehead atoms. The van der Waals surface area contributed by atoms with Crippen molar-refractivity contribution in [1.82, 2.24) is 0 Å². The van der Waals surface area contributed by atoms with Gasteiger partial charge in [-0.3, -0.25) is 14.4 Å². The molecule has 0 radical (unpaired) electrons. The van der Waals surface area contributed by atoms with E-state index in [1.807, 2.05) is 6.07 Å². The van der Waals surface area contributed by atoms with Crippen LogP contribution in [0.5, 0.6) is 0 Å². The molecule has 0 aromatic heterocycles. The summed E-state index contributed by atoms with van der Waals surface area (Å²) in [6.07, 6.45) is 1.85. The highest BCUT2D eigenvalue weighted by molar-refractivity contribution is 6.29. The fraction of sp³-hybridized carbons (Fsp3) is 0.150. The van der Waals surface area contributed by atoms with Crippen molar-refractivity contribution in [3.05, 3.63) is 71.8 Å². The van der Waals surface area contributed by atoms with Gasteiger partial charge in [0, 0.05) is 18.3 Å². The Hall–Kier alpha value is -3.21. The van der Waals surface area contributed by atoms with Crippen LogP contribution in [0.4, 0.5) is 5.69 Å². The second-order valence-electron chi connectivity index (χ2n) is 5.71. The number of aldehydes is 1. The molecule has 2 aromatic carbocycles. The van der Waals surface area contributed by atoms with Crippen LogP contribution in [-0.4, -0.2) is 32.3 Å². The fourth-order valence-corrected chi connectivity index (χ4v) is 3.40. The van der Waals surface area contributed by atoms with Crippen LogP contribution in [0.25, 0.3) is 5.57 Å². The van der Waals surface area contributed by atoms with Crippen molar-refractivity contribution >= 4 is 29.4 Å². The van der Waals surface area contributed by atoms with Crippen molar-refractivity contribution in [2.75, 3.05) is 19.1 Å². The van der Waals surface area contributed by atoms with E-state index in [4.69, 9.17) is 4.74 Å². The van der Waals surface area contributed by atoms with Gasteiger partial charge in [0.15, 0.2) is 5.41 Å². The van der Waals surface area contributed by atoms with Crippen molar-refractivity contribution in [2.24, 2.45) is 0 Å². The maximum Gasteiger partial charge on any atom is 0.330 e. The third-order valence-electron chi connectivity index (χ3n) is 4.51. The summed E-state index contributed by atoms with van der Waals surface area (Å²) in [6.45, 7) is 0. The Morgan fingerprint density at radius 2 is 1.72 bits per heavy atom. The summed E-state index contributed by atoms with van der Waals surface area (Å²) >= 11 is 0. The van der Waals surface area contributed by atoms with E-state index in [-0.39, 0.29) is 0 Å². The molecule has 3 rings (SSSR count). The Kier molecular flexibility index (Phi) is 4.23. The second-order valence-corrected chi connectivity index (χ2v) is 5.71. The normalized spacial score (nSPS) is 19.5. The zero-order valence-corrected chi connectivity index (χ0v) is 13.9. The number of hydrogen-bond acceptors (Lipinski definition) is 4. The Labute approximate surface area is 145 Å². The quantitative estimate of drug-likeness (QED) is 0.372. The summed E-state index contributed by atoms with van der Waals surface area (Å²) in [5, 5.41) is 0. The highest BCUT2D eigenvalue weighted by Crippen LogP contribution is 2.49.